The fraction of sp³-hybridized carbons (Fsp3) is 0.0714. The van der Waals surface area contributed by atoms with Crippen molar-refractivity contribution in [3.8, 4) is 11.5 Å². The highest BCUT2D eigenvalue weighted by Crippen LogP contribution is 2.21. The number of hydrogen-bond donors (Lipinski definition) is 3. The maximum Gasteiger partial charge on any atom is 0.253 e. The lowest BCUT2D eigenvalue weighted by atomic mass is 10.1. The lowest BCUT2D eigenvalue weighted by Gasteiger charge is -2.08. The molecule has 0 aliphatic carbocycles. The Bertz CT molecular complexity index is 661. The van der Waals surface area contributed by atoms with E-state index in [9.17, 15) is 14.3 Å². The number of phenolic OH excluding ortho intramolecular Hbond substituents is 2. The number of halogens is 2. The average molecular weight is 296 g/mol. The summed E-state index contributed by atoms with van der Waals surface area (Å²) in [7, 11) is 0. The molecule has 0 radical (unpaired) electrons. The summed E-state index contributed by atoms with van der Waals surface area (Å²) in [4.78, 5) is 11.9. The number of benzene rings is 2. The highest BCUT2D eigenvalue weighted by molar-refractivity contribution is 6.33. The van der Waals surface area contributed by atoms with E-state index in [1.807, 2.05) is 0 Å². The smallest absolute Gasteiger partial charge is 0.253 e. The third-order valence-electron chi connectivity index (χ3n) is 2.66. The Balaban J connectivity index is 2.08. The standard InChI is InChI=1S/C14H11ClFNO3/c15-11-3-2-9(18)6-10(11)14(20)17-7-8-1-4-13(19)12(16)5-8/h1-6,18-19H,7H2,(H,17,20). The molecule has 0 spiro atoms. The van der Waals surface area contributed by atoms with Crippen molar-refractivity contribution >= 4 is 17.5 Å². The number of carbonyl (C=O) groups excluding carboxylic acids is 1. The molecule has 20 heavy (non-hydrogen) atoms. The van der Waals surface area contributed by atoms with E-state index in [-0.39, 0.29) is 22.9 Å². The van der Waals surface area contributed by atoms with Gasteiger partial charge in [0.15, 0.2) is 11.6 Å². The quantitative estimate of drug-likeness (QED) is 0.815. The largest absolute Gasteiger partial charge is 0.508 e. The zero-order valence-corrected chi connectivity index (χ0v) is 11.0. The van der Waals surface area contributed by atoms with Crippen LogP contribution in [0.4, 0.5) is 4.39 Å². The molecule has 104 valence electrons. The summed E-state index contributed by atoms with van der Waals surface area (Å²) in [6, 6.07) is 7.84. The first-order valence-corrected chi connectivity index (χ1v) is 6.09. The average Bonchev–Trinajstić information content (AvgIpc) is 2.42. The molecular formula is C14H11ClFNO3. The van der Waals surface area contributed by atoms with Crippen LogP contribution >= 0.6 is 11.6 Å². The fourth-order valence-electron chi connectivity index (χ4n) is 1.63. The fourth-order valence-corrected chi connectivity index (χ4v) is 1.83. The molecule has 6 heteroatoms. The lowest BCUT2D eigenvalue weighted by Crippen LogP contribution is -2.23. The van der Waals surface area contributed by atoms with Gasteiger partial charge in [-0.3, -0.25) is 4.79 Å². The zero-order chi connectivity index (χ0) is 14.7. The van der Waals surface area contributed by atoms with Crippen molar-refractivity contribution in [2.24, 2.45) is 0 Å². The molecule has 0 bridgehead atoms. The van der Waals surface area contributed by atoms with Crippen molar-refractivity contribution in [1.29, 1.82) is 0 Å². The number of aromatic hydroxyl groups is 2. The molecule has 0 saturated heterocycles. The number of carbonyl (C=O) groups is 1. The number of rotatable bonds is 3. The van der Waals surface area contributed by atoms with Gasteiger partial charge in [0, 0.05) is 6.54 Å². The summed E-state index contributed by atoms with van der Waals surface area (Å²) < 4.78 is 13.1. The summed E-state index contributed by atoms with van der Waals surface area (Å²) in [5.41, 5.74) is 0.621. The lowest BCUT2D eigenvalue weighted by molar-refractivity contribution is 0.0950. The second-order valence-electron chi connectivity index (χ2n) is 4.13. The molecule has 0 unspecified atom stereocenters. The Labute approximate surface area is 119 Å². The van der Waals surface area contributed by atoms with Crippen molar-refractivity contribution in [3.05, 3.63) is 58.4 Å². The summed E-state index contributed by atoms with van der Waals surface area (Å²) in [5.74, 6) is -1.77. The minimum atomic E-state index is -0.757. The molecule has 0 fully saturated rings. The van der Waals surface area contributed by atoms with Gasteiger partial charge < -0.3 is 15.5 Å². The molecular weight excluding hydrogens is 285 g/mol. The Kier molecular flexibility index (Phi) is 4.10. The number of hydrogen-bond acceptors (Lipinski definition) is 3. The SMILES string of the molecule is O=C(NCc1ccc(O)c(F)c1)c1cc(O)ccc1Cl. The molecule has 4 nitrogen and oxygen atoms in total. The molecule has 2 aromatic carbocycles. The van der Waals surface area contributed by atoms with Gasteiger partial charge in [0.05, 0.1) is 10.6 Å². The van der Waals surface area contributed by atoms with Crippen LogP contribution in [0.15, 0.2) is 36.4 Å². The Morgan fingerprint density at radius 3 is 2.65 bits per heavy atom. The molecule has 2 aromatic rings. The van der Waals surface area contributed by atoms with Crippen LogP contribution in [0.5, 0.6) is 11.5 Å². The van der Waals surface area contributed by atoms with Crippen LogP contribution in [-0.2, 0) is 6.54 Å². The van der Waals surface area contributed by atoms with Crippen LogP contribution in [0, 0.1) is 5.82 Å². The molecule has 0 saturated carbocycles. The Morgan fingerprint density at radius 2 is 1.95 bits per heavy atom. The minimum absolute atomic E-state index is 0.0714. The van der Waals surface area contributed by atoms with Crippen molar-refractivity contribution < 1.29 is 19.4 Å². The molecule has 0 aromatic heterocycles. The molecule has 0 heterocycles. The van der Waals surface area contributed by atoms with Crippen molar-refractivity contribution in [1.82, 2.24) is 5.32 Å². The van der Waals surface area contributed by atoms with E-state index < -0.39 is 17.5 Å². The van der Waals surface area contributed by atoms with Crippen LogP contribution in [0.2, 0.25) is 5.02 Å². The van der Waals surface area contributed by atoms with E-state index in [1.165, 1.54) is 30.3 Å². The van der Waals surface area contributed by atoms with Crippen molar-refractivity contribution in [3.63, 3.8) is 0 Å². The van der Waals surface area contributed by atoms with Gasteiger partial charge in [-0.1, -0.05) is 17.7 Å². The van der Waals surface area contributed by atoms with Crippen LogP contribution in [-0.4, -0.2) is 16.1 Å². The highest BCUT2D eigenvalue weighted by atomic mass is 35.5. The highest BCUT2D eigenvalue weighted by Gasteiger charge is 2.11. The molecule has 3 N–H and O–H groups in total. The van der Waals surface area contributed by atoms with Gasteiger partial charge in [0.1, 0.15) is 5.75 Å². The van der Waals surface area contributed by atoms with Crippen molar-refractivity contribution in [2.75, 3.05) is 0 Å². The van der Waals surface area contributed by atoms with Gasteiger partial charge in [0.25, 0.3) is 5.91 Å². The van der Waals surface area contributed by atoms with E-state index in [2.05, 4.69) is 5.32 Å². The normalized spacial score (nSPS) is 10.3. The second kappa shape index (κ2) is 5.79. The maximum absolute atomic E-state index is 13.1. The van der Waals surface area contributed by atoms with Gasteiger partial charge in [-0.25, -0.2) is 4.39 Å². The Morgan fingerprint density at radius 1 is 1.20 bits per heavy atom. The summed E-state index contributed by atoms with van der Waals surface area (Å²) in [6.07, 6.45) is 0. The second-order valence-corrected chi connectivity index (χ2v) is 4.54. The molecule has 1 amide bonds. The third kappa shape index (κ3) is 3.19. The van der Waals surface area contributed by atoms with Crippen LogP contribution in [0.1, 0.15) is 15.9 Å². The predicted octanol–water partition coefficient (Wildman–Crippen LogP) is 2.82. The number of nitrogens with one attached hydrogen (secondary N) is 1. The van der Waals surface area contributed by atoms with Gasteiger partial charge in [0.2, 0.25) is 0 Å². The summed E-state index contributed by atoms with van der Waals surface area (Å²) in [6.45, 7) is 0.0714. The molecule has 0 atom stereocenters. The number of amides is 1. The van der Waals surface area contributed by atoms with E-state index >= 15 is 0 Å². The minimum Gasteiger partial charge on any atom is -0.508 e. The van der Waals surface area contributed by atoms with Gasteiger partial charge in [-0.15, -0.1) is 0 Å². The first kappa shape index (κ1) is 14.1. The Hall–Kier alpha value is -2.27. The topological polar surface area (TPSA) is 69.6 Å². The van der Waals surface area contributed by atoms with E-state index in [4.69, 9.17) is 16.7 Å². The first-order chi connectivity index (χ1) is 9.47. The van der Waals surface area contributed by atoms with Gasteiger partial charge in [-0.2, -0.15) is 0 Å². The van der Waals surface area contributed by atoms with Gasteiger partial charge >= 0.3 is 0 Å². The van der Waals surface area contributed by atoms with E-state index in [1.54, 1.807) is 0 Å². The summed E-state index contributed by atoms with van der Waals surface area (Å²) in [5, 5.41) is 21.1. The summed E-state index contributed by atoms with van der Waals surface area (Å²) >= 11 is 5.85. The zero-order valence-electron chi connectivity index (χ0n) is 10.2. The maximum atomic E-state index is 13.1. The molecule has 2 rings (SSSR count). The monoisotopic (exact) mass is 295 g/mol. The van der Waals surface area contributed by atoms with E-state index in [0.717, 1.165) is 6.07 Å². The van der Waals surface area contributed by atoms with Crippen LogP contribution in [0.25, 0.3) is 0 Å². The van der Waals surface area contributed by atoms with Gasteiger partial charge in [-0.05, 0) is 35.9 Å². The molecule has 0 aliphatic rings. The first-order valence-electron chi connectivity index (χ1n) is 5.71. The number of phenols is 2. The van der Waals surface area contributed by atoms with Crippen LogP contribution < -0.4 is 5.32 Å². The van der Waals surface area contributed by atoms with Crippen molar-refractivity contribution in [2.45, 2.75) is 6.54 Å². The third-order valence-corrected chi connectivity index (χ3v) is 2.99. The van der Waals surface area contributed by atoms with Crippen LogP contribution in [0.3, 0.4) is 0 Å². The van der Waals surface area contributed by atoms with E-state index in [0.29, 0.717) is 5.56 Å². The molecule has 0 aliphatic heterocycles. The predicted molar refractivity (Wildman–Crippen MR) is 72.4 cm³/mol.